The lowest BCUT2D eigenvalue weighted by molar-refractivity contribution is 0.332. The lowest BCUT2D eigenvalue weighted by Crippen LogP contribution is -2.79. The van der Waals surface area contributed by atoms with Crippen molar-refractivity contribution in [3.8, 4) is 33.4 Å². The quantitative estimate of drug-likeness (QED) is 0.159. The van der Waals surface area contributed by atoms with E-state index in [9.17, 15) is 0 Å². The molecule has 3 aliphatic heterocycles. The number of para-hydroxylation sites is 2. The van der Waals surface area contributed by atoms with Crippen LogP contribution in [0, 0.1) is 0 Å². The molecule has 1 aromatic heterocycles. The topological polar surface area (TPSA) is 6.48 Å². The van der Waals surface area contributed by atoms with Gasteiger partial charge in [0.2, 0.25) is 0 Å². The normalized spacial score (nSPS) is 16.3. The highest BCUT2D eigenvalue weighted by molar-refractivity contribution is 7.33. The highest BCUT2D eigenvalue weighted by Crippen LogP contribution is 2.55. The molecule has 354 valence electrons. The van der Waals surface area contributed by atoms with E-state index in [4.69, 9.17) is 0 Å². The number of hydrogen-bond donors (Lipinski definition) is 0. The van der Waals surface area contributed by atoms with Crippen LogP contribution >= 0.6 is 11.3 Å². The molecule has 0 amide bonds. The fraction of sp³-hybridized carbons (Fsp3) is 0.176. The molecule has 10 aromatic rings. The molecule has 0 saturated heterocycles. The fourth-order valence-corrected chi connectivity index (χ4v) is 20.0. The molecule has 0 atom stereocenters. The third-order valence-electron chi connectivity index (χ3n) is 17.3. The summed E-state index contributed by atoms with van der Waals surface area (Å²) in [6, 6.07) is 79.9. The van der Waals surface area contributed by atoms with Crippen molar-refractivity contribution in [1.29, 1.82) is 0 Å². The van der Waals surface area contributed by atoms with Crippen molar-refractivity contribution in [2.45, 2.75) is 77.6 Å². The van der Waals surface area contributed by atoms with Crippen LogP contribution in [0.3, 0.4) is 0 Å². The summed E-state index contributed by atoms with van der Waals surface area (Å²) in [5, 5.41) is 7.06. The average Bonchev–Trinajstić information content (AvgIpc) is 3.79. The minimum absolute atomic E-state index is 0.0375. The van der Waals surface area contributed by atoms with E-state index in [2.05, 4.69) is 264 Å². The van der Waals surface area contributed by atoms with Crippen molar-refractivity contribution in [3.05, 3.63) is 223 Å². The first-order valence-corrected chi connectivity index (χ1v) is 29.1. The lowest BCUT2D eigenvalue weighted by Gasteiger charge is -2.52. The molecule has 4 heterocycles. The molecular formula is C68H59BN2SSi. The van der Waals surface area contributed by atoms with Crippen LogP contribution < -0.4 is 40.7 Å². The van der Waals surface area contributed by atoms with E-state index in [1.165, 1.54) is 126 Å². The van der Waals surface area contributed by atoms with Crippen molar-refractivity contribution in [3.63, 3.8) is 0 Å². The summed E-state index contributed by atoms with van der Waals surface area (Å²) in [7, 11) is -2.92. The second kappa shape index (κ2) is 15.9. The molecule has 0 spiro atoms. The van der Waals surface area contributed by atoms with Gasteiger partial charge in [0.15, 0.2) is 8.07 Å². The van der Waals surface area contributed by atoms with E-state index >= 15 is 0 Å². The van der Waals surface area contributed by atoms with Gasteiger partial charge in [-0.25, -0.2) is 0 Å². The predicted octanol–water partition coefficient (Wildman–Crippen LogP) is 14.3. The number of anilines is 5. The van der Waals surface area contributed by atoms with Gasteiger partial charge in [-0.2, -0.15) is 0 Å². The molecule has 0 unspecified atom stereocenters. The summed E-state index contributed by atoms with van der Waals surface area (Å²) in [5.74, 6) is 0. The van der Waals surface area contributed by atoms with Crippen LogP contribution in [-0.4, -0.2) is 14.9 Å². The summed E-state index contributed by atoms with van der Waals surface area (Å²) in [4.78, 5) is 5.56. The SMILES string of the molecule is CC(C)(C)c1ccc(N2c3cc(-c4ccccc4)cc4c3B(c3sc5cc6c(cc5c32)C(C)(C)CCC6(C)C)N2c3ccccc3[Si](c3ccccc3)(c3ccccc3)c3cccc-4c32)c(-c2ccccc2)c1. The second-order valence-corrected chi connectivity index (χ2v) is 28.3. The van der Waals surface area contributed by atoms with E-state index in [-0.39, 0.29) is 23.1 Å². The van der Waals surface area contributed by atoms with Crippen LogP contribution in [0.5, 0.6) is 0 Å². The van der Waals surface area contributed by atoms with Crippen LogP contribution in [-0.2, 0) is 16.2 Å². The largest absolute Gasteiger partial charge is 0.376 e. The van der Waals surface area contributed by atoms with Crippen LogP contribution in [0.25, 0.3) is 43.5 Å². The minimum Gasteiger partial charge on any atom is -0.376 e. The van der Waals surface area contributed by atoms with Crippen LogP contribution in [0.15, 0.2) is 206 Å². The molecule has 0 radical (unpaired) electrons. The Morgan fingerprint density at radius 1 is 0.479 bits per heavy atom. The summed E-state index contributed by atoms with van der Waals surface area (Å²) in [6.07, 6.45) is 2.34. The van der Waals surface area contributed by atoms with Crippen LogP contribution in [0.1, 0.15) is 78.0 Å². The number of benzene rings is 9. The van der Waals surface area contributed by atoms with Gasteiger partial charge >= 0.3 is 6.85 Å². The summed E-state index contributed by atoms with van der Waals surface area (Å²) in [6.45, 7) is 16.8. The molecule has 0 N–H and O–H groups in total. The Morgan fingerprint density at radius 3 is 1.73 bits per heavy atom. The molecule has 0 fully saturated rings. The standard InChI is InChI=1S/C68H59BN2SSi/c1-66(2,3)47-35-36-56(51(41-47)45-25-14-9-15-26-45)70-58-40-46(44-23-12-8-13-24-44)39-52-50-31-22-34-61-63(50)71(57-32-20-21-33-60(57)73(61,48-27-16-10-17-28-48)49-29-18-11-19-30-49)69(62(52)58)65-64(70)53-42-54-55(43-59(53)72-65)68(6,7)38-37-67(54,4)5/h8-36,39-43H,37-38H2,1-7H3. The van der Waals surface area contributed by atoms with Crippen molar-refractivity contribution >= 4 is 95.8 Å². The van der Waals surface area contributed by atoms with Gasteiger partial charge in [0.25, 0.3) is 0 Å². The Kier molecular flexibility index (Phi) is 9.70. The van der Waals surface area contributed by atoms with E-state index in [0.717, 1.165) is 6.42 Å². The van der Waals surface area contributed by atoms with Gasteiger partial charge in [-0.05, 0) is 137 Å². The van der Waals surface area contributed by atoms with Crippen LogP contribution in [0.2, 0.25) is 0 Å². The Balaban J connectivity index is 1.17. The number of fused-ring (bicyclic) bond motifs is 9. The second-order valence-electron chi connectivity index (χ2n) is 23.5. The highest BCUT2D eigenvalue weighted by Gasteiger charge is 2.56. The number of thiophene rings is 1. The maximum atomic E-state index is 2.82. The first-order chi connectivity index (χ1) is 35.3. The Labute approximate surface area is 436 Å². The maximum Gasteiger partial charge on any atom is 0.343 e. The minimum atomic E-state index is -2.92. The smallest absolute Gasteiger partial charge is 0.343 e. The van der Waals surface area contributed by atoms with Gasteiger partial charge in [-0.3, -0.25) is 0 Å². The summed E-state index contributed by atoms with van der Waals surface area (Å²) < 4.78 is 2.77. The number of hydrogen-bond acceptors (Lipinski definition) is 3. The zero-order valence-electron chi connectivity index (χ0n) is 42.9. The third kappa shape index (κ3) is 6.41. The van der Waals surface area contributed by atoms with Crippen molar-refractivity contribution in [1.82, 2.24) is 0 Å². The molecular weight excluding hydrogens is 916 g/mol. The van der Waals surface area contributed by atoms with Crippen LogP contribution in [0.4, 0.5) is 28.4 Å². The maximum absolute atomic E-state index is 2.92. The first-order valence-electron chi connectivity index (χ1n) is 26.3. The fourth-order valence-electron chi connectivity index (χ4n) is 13.5. The van der Waals surface area contributed by atoms with E-state index in [1.54, 1.807) is 0 Å². The molecule has 4 aliphatic rings. The molecule has 73 heavy (non-hydrogen) atoms. The average molecular weight is 975 g/mol. The molecule has 0 bridgehead atoms. The van der Waals surface area contributed by atoms with E-state index in [1.807, 2.05) is 11.3 Å². The molecule has 14 rings (SSSR count). The highest BCUT2D eigenvalue weighted by atomic mass is 32.1. The molecule has 9 aromatic carbocycles. The predicted molar refractivity (Wildman–Crippen MR) is 318 cm³/mol. The van der Waals surface area contributed by atoms with E-state index in [0.29, 0.717) is 0 Å². The zero-order valence-corrected chi connectivity index (χ0v) is 44.7. The van der Waals surface area contributed by atoms with Crippen molar-refractivity contribution in [2.24, 2.45) is 0 Å². The Hall–Kier alpha value is -7.18. The molecule has 5 heteroatoms. The van der Waals surface area contributed by atoms with Gasteiger partial charge in [0.1, 0.15) is 0 Å². The van der Waals surface area contributed by atoms with Gasteiger partial charge in [-0.1, -0.05) is 212 Å². The van der Waals surface area contributed by atoms with Gasteiger partial charge in [-0.15, -0.1) is 11.3 Å². The summed E-state index contributed by atoms with van der Waals surface area (Å²) >= 11 is 2.04. The van der Waals surface area contributed by atoms with E-state index < -0.39 is 8.07 Å². The third-order valence-corrected chi connectivity index (χ3v) is 23.3. The Morgan fingerprint density at radius 2 is 1.07 bits per heavy atom. The molecule has 0 saturated carbocycles. The zero-order chi connectivity index (χ0) is 49.6. The monoisotopic (exact) mass is 974 g/mol. The van der Waals surface area contributed by atoms with Crippen molar-refractivity contribution in [2.75, 3.05) is 9.71 Å². The van der Waals surface area contributed by atoms with Crippen molar-refractivity contribution < 1.29 is 0 Å². The van der Waals surface area contributed by atoms with Gasteiger partial charge < -0.3 is 9.71 Å². The summed E-state index contributed by atoms with van der Waals surface area (Å²) in [5.41, 5.74) is 19.8. The number of rotatable bonds is 5. The first kappa shape index (κ1) is 44.5. The Bertz CT molecular complexity index is 3810. The lowest BCUT2D eigenvalue weighted by atomic mass is 9.46. The molecule has 1 aliphatic carbocycles. The van der Waals surface area contributed by atoms with Gasteiger partial charge in [0, 0.05) is 43.1 Å². The molecule has 2 nitrogen and oxygen atoms in total. The number of nitrogens with zero attached hydrogens (tertiary/aromatic N) is 2. The van der Waals surface area contributed by atoms with Gasteiger partial charge in [0.05, 0.1) is 11.4 Å².